The highest BCUT2D eigenvalue weighted by molar-refractivity contribution is 8.09. The summed E-state index contributed by atoms with van der Waals surface area (Å²) in [6, 6.07) is 39.7. The van der Waals surface area contributed by atoms with E-state index < -0.39 is 42.2 Å². The Hall–Kier alpha value is -4.86. The number of aliphatic imine (C=N–C) groups is 1. The summed E-state index contributed by atoms with van der Waals surface area (Å²) in [5.41, 5.74) is 1.97. The van der Waals surface area contributed by atoms with E-state index in [0.29, 0.717) is 22.4 Å². The Kier molecular flexibility index (Phi) is 9.71. The predicted molar refractivity (Wildman–Crippen MR) is 175 cm³/mol. The van der Waals surface area contributed by atoms with E-state index >= 15 is 0 Å². The molecule has 0 N–H and O–H groups in total. The fraction of sp³-hybridized carbons (Fsp3) is 0.111. The molecule has 0 aliphatic rings. The van der Waals surface area contributed by atoms with E-state index in [9.17, 15) is 21.6 Å². The van der Waals surface area contributed by atoms with Gasteiger partial charge in [-0.25, -0.2) is 21.6 Å². The van der Waals surface area contributed by atoms with Gasteiger partial charge in [0, 0.05) is 17.0 Å². The number of hydrogen-bond donors (Lipinski definition) is 0. The van der Waals surface area contributed by atoms with Crippen LogP contribution in [-0.4, -0.2) is 46.3 Å². The van der Waals surface area contributed by atoms with Crippen LogP contribution in [0.5, 0.6) is 0 Å². The van der Waals surface area contributed by atoms with Crippen LogP contribution >= 0.6 is 0 Å². The van der Waals surface area contributed by atoms with Crippen LogP contribution in [0.2, 0.25) is 0 Å². The van der Waals surface area contributed by atoms with Crippen molar-refractivity contribution in [1.29, 1.82) is 0 Å². The number of rotatable bonds is 11. The van der Waals surface area contributed by atoms with Gasteiger partial charge in [-0.1, -0.05) is 127 Å². The molecule has 5 aromatic carbocycles. The van der Waals surface area contributed by atoms with E-state index in [4.69, 9.17) is 9.73 Å². The maximum atomic E-state index is 14.6. The van der Waals surface area contributed by atoms with Gasteiger partial charge in [-0.2, -0.15) is 0 Å². The monoisotopic (exact) mass is 637 g/mol. The quantitative estimate of drug-likeness (QED) is 0.128. The highest BCUT2D eigenvalue weighted by Gasteiger charge is 2.51. The molecule has 0 spiro atoms. The largest absolute Gasteiger partial charge is 0.467 e. The molecular formula is C36H31NO6S2. The van der Waals surface area contributed by atoms with Crippen LogP contribution in [-0.2, 0) is 29.2 Å². The Morgan fingerprint density at radius 2 is 0.911 bits per heavy atom. The zero-order chi connectivity index (χ0) is 31.9. The molecule has 0 unspecified atom stereocenters. The first-order valence-electron chi connectivity index (χ1n) is 14.1. The molecule has 0 amide bonds. The molecule has 0 aromatic heterocycles. The fourth-order valence-corrected chi connectivity index (χ4v) is 10.2. The van der Waals surface area contributed by atoms with Crippen LogP contribution in [0.4, 0.5) is 0 Å². The number of carbonyl (C=O) groups excluding carboxylic acids is 1. The SMILES string of the molecule is COC(=O)[C@@H](N=C(c1ccccc1)c1ccccc1)[C@@H](c1ccccc1)C(S(=O)(=O)c1ccccc1)S(=O)(=O)c1ccccc1. The lowest BCUT2D eigenvalue weighted by Crippen LogP contribution is -2.44. The summed E-state index contributed by atoms with van der Waals surface area (Å²) >= 11 is 0. The van der Waals surface area contributed by atoms with E-state index in [1.165, 1.54) is 55.6 Å². The van der Waals surface area contributed by atoms with Crippen LogP contribution < -0.4 is 0 Å². The van der Waals surface area contributed by atoms with Crippen LogP contribution in [0.15, 0.2) is 166 Å². The Morgan fingerprint density at radius 1 is 0.556 bits per heavy atom. The molecule has 45 heavy (non-hydrogen) atoms. The van der Waals surface area contributed by atoms with Crippen molar-refractivity contribution in [3.05, 3.63) is 168 Å². The first-order chi connectivity index (χ1) is 21.7. The number of sulfone groups is 2. The minimum atomic E-state index is -4.67. The molecule has 0 radical (unpaired) electrons. The Balaban J connectivity index is 1.87. The van der Waals surface area contributed by atoms with Gasteiger partial charge in [0.05, 0.1) is 22.6 Å². The molecular weight excluding hydrogens is 607 g/mol. The second-order valence-corrected chi connectivity index (χ2v) is 14.6. The van der Waals surface area contributed by atoms with Crippen molar-refractivity contribution in [2.45, 2.75) is 26.3 Å². The number of carbonyl (C=O) groups is 1. The summed E-state index contributed by atoms with van der Waals surface area (Å²) in [5.74, 6) is -2.40. The summed E-state index contributed by atoms with van der Waals surface area (Å²) in [6.45, 7) is 0. The third-order valence-corrected chi connectivity index (χ3v) is 12.6. The van der Waals surface area contributed by atoms with Crippen LogP contribution in [0.25, 0.3) is 0 Å². The number of methoxy groups -OCH3 is 1. The van der Waals surface area contributed by atoms with E-state index in [-0.39, 0.29) is 9.79 Å². The smallest absolute Gasteiger partial charge is 0.331 e. The average Bonchev–Trinajstić information content (AvgIpc) is 3.09. The Bertz CT molecular complexity index is 1860. The minimum Gasteiger partial charge on any atom is -0.467 e. The van der Waals surface area contributed by atoms with Gasteiger partial charge >= 0.3 is 5.97 Å². The van der Waals surface area contributed by atoms with E-state index in [1.807, 2.05) is 60.7 Å². The van der Waals surface area contributed by atoms with E-state index in [2.05, 4.69) is 0 Å². The van der Waals surface area contributed by atoms with E-state index in [0.717, 1.165) is 0 Å². The summed E-state index contributed by atoms with van der Waals surface area (Å²) in [7, 11) is -8.17. The summed E-state index contributed by atoms with van der Waals surface area (Å²) in [5, 5.41) is 0. The second-order valence-electron chi connectivity index (χ2n) is 10.2. The molecule has 0 saturated heterocycles. The molecule has 0 aliphatic carbocycles. The van der Waals surface area contributed by atoms with Crippen molar-refractivity contribution in [1.82, 2.24) is 0 Å². The minimum absolute atomic E-state index is 0.200. The lowest BCUT2D eigenvalue weighted by Gasteiger charge is -2.31. The second kappa shape index (κ2) is 13.8. The topological polar surface area (TPSA) is 107 Å². The molecule has 5 rings (SSSR count). The van der Waals surface area contributed by atoms with Crippen molar-refractivity contribution in [2.75, 3.05) is 7.11 Å². The molecule has 0 saturated carbocycles. The van der Waals surface area contributed by atoms with Gasteiger partial charge < -0.3 is 4.74 Å². The molecule has 0 bridgehead atoms. The van der Waals surface area contributed by atoms with Crippen molar-refractivity contribution >= 4 is 31.4 Å². The Morgan fingerprint density at radius 3 is 1.29 bits per heavy atom. The number of esters is 1. The summed E-state index contributed by atoms with van der Waals surface area (Å²) in [6.07, 6.45) is 0. The van der Waals surface area contributed by atoms with Gasteiger partial charge in [-0.15, -0.1) is 0 Å². The third-order valence-electron chi connectivity index (χ3n) is 7.38. The predicted octanol–water partition coefficient (Wildman–Crippen LogP) is 6.12. The maximum Gasteiger partial charge on any atom is 0.331 e. The first-order valence-corrected chi connectivity index (χ1v) is 17.2. The van der Waals surface area contributed by atoms with Crippen molar-refractivity contribution in [3.63, 3.8) is 0 Å². The molecule has 0 fully saturated rings. The first kappa shape index (κ1) is 31.6. The standard InChI is InChI=1S/C36H31NO6S2/c1-43-35(38)34(37-33(28-19-9-3-10-20-28)29-21-11-4-12-22-29)32(27-17-7-2-8-18-27)36(44(39,40)30-23-13-5-14-24-30)45(41,42)31-25-15-6-16-26-31/h2-26,32,34,36H,1H3/t32-,34+/m1/s1. The molecule has 9 heteroatoms. The highest BCUT2D eigenvalue weighted by Crippen LogP contribution is 2.40. The van der Waals surface area contributed by atoms with Crippen molar-refractivity contribution in [3.8, 4) is 0 Å². The molecule has 0 heterocycles. The van der Waals surface area contributed by atoms with Gasteiger partial charge in [0.1, 0.15) is 0 Å². The van der Waals surface area contributed by atoms with Crippen LogP contribution in [0.1, 0.15) is 22.6 Å². The van der Waals surface area contributed by atoms with Gasteiger partial charge in [-0.3, -0.25) is 4.99 Å². The highest BCUT2D eigenvalue weighted by atomic mass is 32.3. The molecule has 2 atom stereocenters. The molecule has 228 valence electrons. The van der Waals surface area contributed by atoms with Crippen LogP contribution in [0.3, 0.4) is 0 Å². The van der Waals surface area contributed by atoms with Crippen LogP contribution in [0, 0.1) is 0 Å². The fourth-order valence-electron chi connectivity index (χ4n) is 5.25. The average molecular weight is 638 g/mol. The molecule has 7 nitrogen and oxygen atoms in total. The zero-order valence-electron chi connectivity index (χ0n) is 24.4. The Labute approximate surface area is 263 Å². The number of ether oxygens (including phenoxy) is 1. The molecule has 0 aliphatic heterocycles. The molecule has 5 aromatic rings. The van der Waals surface area contributed by atoms with Crippen molar-refractivity contribution < 1.29 is 26.4 Å². The van der Waals surface area contributed by atoms with Crippen molar-refractivity contribution in [2.24, 2.45) is 4.99 Å². The normalized spacial score (nSPS) is 13.0. The lowest BCUT2D eigenvalue weighted by atomic mass is 9.92. The summed E-state index contributed by atoms with van der Waals surface area (Å²) in [4.78, 5) is 18.4. The van der Waals surface area contributed by atoms with E-state index in [1.54, 1.807) is 42.5 Å². The number of nitrogens with zero attached hydrogens (tertiary/aromatic N) is 1. The third kappa shape index (κ3) is 6.79. The maximum absolute atomic E-state index is 14.6. The zero-order valence-corrected chi connectivity index (χ0v) is 26.0. The van der Waals surface area contributed by atoms with Gasteiger partial charge in [0.25, 0.3) is 0 Å². The number of hydrogen-bond acceptors (Lipinski definition) is 7. The summed E-state index contributed by atoms with van der Waals surface area (Å²) < 4.78 is 61.6. The van der Waals surface area contributed by atoms with Gasteiger partial charge in [0.2, 0.25) is 0 Å². The number of benzene rings is 5. The lowest BCUT2D eigenvalue weighted by molar-refractivity contribution is -0.142. The van der Waals surface area contributed by atoms with Gasteiger partial charge in [-0.05, 0) is 29.8 Å². The van der Waals surface area contributed by atoms with Gasteiger partial charge in [0.15, 0.2) is 30.3 Å².